The molecule has 2 aromatic carbocycles. The molecule has 2 heterocycles. The van der Waals surface area contributed by atoms with Gasteiger partial charge in [-0.1, -0.05) is 25.1 Å². The van der Waals surface area contributed by atoms with Crippen LogP contribution in [0.1, 0.15) is 36.2 Å². The maximum absolute atomic E-state index is 11.7. The van der Waals surface area contributed by atoms with Crippen LogP contribution < -0.4 is 19.9 Å². The Labute approximate surface area is 163 Å². The predicted octanol–water partition coefficient (Wildman–Crippen LogP) is 1.29. The molecule has 0 saturated heterocycles. The van der Waals surface area contributed by atoms with Gasteiger partial charge in [0.1, 0.15) is 6.04 Å². The van der Waals surface area contributed by atoms with Gasteiger partial charge in [0.25, 0.3) is 0 Å². The van der Waals surface area contributed by atoms with E-state index < -0.39 is 12.0 Å². The standard InChI is InChI=1S/C22H24N2O4/c1-3-10-28-18-9-8-13(11-19(18)27-2)20-21-15(12-17(24-20)22(25)26)14-6-4-5-7-16(14)23-21/h4-9,11,17,20,23-24H,3,10,12H2,1-2H3,(H,25,26)/t17-,20-/m1/s1. The average molecular weight is 380 g/mol. The number of aromatic amines is 1. The topological polar surface area (TPSA) is 91.0 Å². The van der Waals surface area contributed by atoms with E-state index >= 15 is 0 Å². The van der Waals surface area contributed by atoms with E-state index in [-0.39, 0.29) is 6.04 Å². The van der Waals surface area contributed by atoms with Crippen molar-refractivity contribution in [1.29, 1.82) is 0 Å². The number of nitrogens with one attached hydrogen (secondary N) is 1. The van der Waals surface area contributed by atoms with Gasteiger partial charge in [-0.15, -0.1) is 0 Å². The number of H-pyrrole nitrogens is 1. The van der Waals surface area contributed by atoms with Crippen molar-refractivity contribution in [3.8, 4) is 11.5 Å². The lowest BCUT2D eigenvalue weighted by Gasteiger charge is -2.29. The van der Waals surface area contributed by atoms with Crippen LogP contribution in [0.4, 0.5) is 0 Å². The Morgan fingerprint density at radius 2 is 2.07 bits per heavy atom. The van der Waals surface area contributed by atoms with Crippen molar-refractivity contribution in [1.82, 2.24) is 4.98 Å². The number of aromatic nitrogens is 1. The number of aliphatic carboxylic acids is 1. The minimum atomic E-state index is -1.05. The lowest BCUT2D eigenvalue weighted by Crippen LogP contribution is -2.95. The summed E-state index contributed by atoms with van der Waals surface area (Å²) in [6, 6.07) is 13.0. The third-order valence-corrected chi connectivity index (χ3v) is 5.32. The summed E-state index contributed by atoms with van der Waals surface area (Å²) in [5.74, 6) is 0.292. The van der Waals surface area contributed by atoms with Crippen LogP contribution in [0.25, 0.3) is 10.9 Å². The highest BCUT2D eigenvalue weighted by Gasteiger charge is 2.35. The molecule has 0 spiro atoms. The van der Waals surface area contributed by atoms with E-state index in [2.05, 4.69) is 11.9 Å². The van der Waals surface area contributed by atoms with Crippen LogP contribution in [-0.4, -0.2) is 30.7 Å². The number of methoxy groups -OCH3 is 1. The fraction of sp³-hybridized carbons (Fsp3) is 0.318. The predicted molar refractivity (Wildman–Crippen MR) is 103 cm³/mol. The fourth-order valence-electron chi connectivity index (χ4n) is 3.97. The first-order valence-electron chi connectivity index (χ1n) is 9.58. The molecule has 6 nitrogen and oxygen atoms in total. The van der Waals surface area contributed by atoms with Crippen LogP contribution in [-0.2, 0) is 11.2 Å². The minimum Gasteiger partial charge on any atom is -0.544 e. The number of carbonyl (C=O) groups excluding carboxylic acids is 1. The van der Waals surface area contributed by atoms with Crippen LogP contribution in [0.15, 0.2) is 42.5 Å². The van der Waals surface area contributed by atoms with Gasteiger partial charge in [-0.05, 0) is 36.2 Å². The summed E-state index contributed by atoms with van der Waals surface area (Å²) in [6.45, 7) is 2.67. The number of ether oxygens (including phenoxy) is 2. The number of nitrogens with two attached hydrogens (primary N) is 1. The fourth-order valence-corrected chi connectivity index (χ4v) is 3.97. The van der Waals surface area contributed by atoms with Crippen molar-refractivity contribution < 1.29 is 24.7 Å². The Morgan fingerprint density at radius 1 is 1.25 bits per heavy atom. The van der Waals surface area contributed by atoms with Crippen molar-refractivity contribution in [3.05, 3.63) is 59.3 Å². The van der Waals surface area contributed by atoms with E-state index in [4.69, 9.17) is 9.47 Å². The third-order valence-electron chi connectivity index (χ3n) is 5.32. The number of fused-ring (bicyclic) bond motifs is 3. The largest absolute Gasteiger partial charge is 0.544 e. The minimum absolute atomic E-state index is 0.187. The lowest BCUT2D eigenvalue weighted by molar-refractivity contribution is -0.717. The van der Waals surface area contributed by atoms with E-state index in [1.54, 1.807) is 7.11 Å². The van der Waals surface area contributed by atoms with Gasteiger partial charge < -0.3 is 29.7 Å². The molecule has 2 atom stereocenters. The Hall–Kier alpha value is -2.99. The molecular formula is C22H24N2O4. The smallest absolute Gasteiger partial charge is 0.161 e. The molecule has 3 aromatic rings. The van der Waals surface area contributed by atoms with Crippen molar-refractivity contribution in [2.45, 2.75) is 31.8 Å². The molecule has 146 valence electrons. The molecule has 0 radical (unpaired) electrons. The Balaban J connectivity index is 1.79. The first kappa shape index (κ1) is 18.4. The quantitative estimate of drug-likeness (QED) is 0.674. The van der Waals surface area contributed by atoms with E-state index in [0.29, 0.717) is 24.5 Å². The van der Waals surface area contributed by atoms with Crippen molar-refractivity contribution in [3.63, 3.8) is 0 Å². The van der Waals surface area contributed by atoms with Crippen LogP contribution in [0, 0.1) is 0 Å². The first-order valence-corrected chi connectivity index (χ1v) is 9.58. The molecule has 0 bridgehead atoms. The molecule has 4 rings (SSSR count). The Morgan fingerprint density at radius 3 is 2.82 bits per heavy atom. The number of carboxylic acids is 1. The second-order valence-electron chi connectivity index (χ2n) is 7.12. The zero-order valence-corrected chi connectivity index (χ0v) is 16.0. The number of carbonyl (C=O) groups is 1. The van der Waals surface area contributed by atoms with Crippen LogP contribution in [0.2, 0.25) is 0 Å². The highest BCUT2D eigenvalue weighted by molar-refractivity contribution is 5.86. The second kappa shape index (κ2) is 7.56. The van der Waals surface area contributed by atoms with Crippen molar-refractivity contribution in [2.24, 2.45) is 0 Å². The molecule has 0 unspecified atom stereocenters. The van der Waals surface area contributed by atoms with E-state index in [9.17, 15) is 9.90 Å². The molecular weight excluding hydrogens is 356 g/mol. The first-order chi connectivity index (χ1) is 13.6. The monoisotopic (exact) mass is 380 g/mol. The summed E-state index contributed by atoms with van der Waals surface area (Å²) in [5, 5.41) is 14.6. The second-order valence-corrected chi connectivity index (χ2v) is 7.12. The molecule has 28 heavy (non-hydrogen) atoms. The van der Waals surface area contributed by atoms with Gasteiger partial charge in [0.05, 0.1) is 25.4 Å². The van der Waals surface area contributed by atoms with Crippen molar-refractivity contribution in [2.75, 3.05) is 13.7 Å². The summed E-state index contributed by atoms with van der Waals surface area (Å²) in [6.07, 6.45) is 1.35. The third kappa shape index (κ3) is 3.20. The maximum atomic E-state index is 11.7. The highest BCUT2D eigenvalue weighted by Crippen LogP contribution is 2.35. The number of benzene rings is 2. The molecule has 1 aromatic heterocycles. The number of hydrogen-bond donors (Lipinski definition) is 2. The molecule has 0 fully saturated rings. The molecule has 0 aliphatic carbocycles. The number of carboxylic acid groups (broad SMARTS) is 1. The van der Waals surface area contributed by atoms with Crippen LogP contribution in [0.5, 0.6) is 11.5 Å². The van der Waals surface area contributed by atoms with Gasteiger partial charge in [-0.2, -0.15) is 0 Å². The summed E-state index contributed by atoms with van der Waals surface area (Å²) in [4.78, 5) is 15.2. The van der Waals surface area contributed by atoms with Gasteiger partial charge in [-0.25, -0.2) is 0 Å². The Kier molecular flexibility index (Phi) is 4.96. The summed E-state index contributed by atoms with van der Waals surface area (Å²) >= 11 is 0. The SMILES string of the molecule is CCCOc1ccc([C@H]2[NH2+][C@@H](C(=O)[O-])Cc3c2[nH]c2ccccc32)cc1OC. The normalized spacial score (nSPS) is 18.6. The van der Waals surface area contributed by atoms with Gasteiger partial charge >= 0.3 is 0 Å². The van der Waals surface area contributed by atoms with Gasteiger partial charge in [0, 0.05) is 22.9 Å². The van der Waals surface area contributed by atoms with Gasteiger partial charge in [-0.3, -0.25) is 0 Å². The number of hydrogen-bond acceptors (Lipinski definition) is 4. The zero-order valence-electron chi connectivity index (χ0n) is 16.0. The van der Waals surface area contributed by atoms with E-state index in [0.717, 1.165) is 34.1 Å². The van der Waals surface area contributed by atoms with E-state index in [1.807, 2.05) is 47.8 Å². The summed E-state index contributed by atoms with van der Waals surface area (Å²) in [5.41, 5.74) is 4.05. The average Bonchev–Trinajstić information content (AvgIpc) is 3.10. The zero-order chi connectivity index (χ0) is 19.7. The summed E-state index contributed by atoms with van der Waals surface area (Å²) < 4.78 is 11.3. The van der Waals surface area contributed by atoms with Crippen LogP contribution in [0.3, 0.4) is 0 Å². The van der Waals surface area contributed by atoms with Gasteiger partial charge in [0.15, 0.2) is 17.5 Å². The molecule has 3 N–H and O–H groups in total. The summed E-state index contributed by atoms with van der Waals surface area (Å²) in [7, 11) is 1.61. The van der Waals surface area contributed by atoms with Gasteiger partial charge in [0.2, 0.25) is 0 Å². The number of rotatable bonds is 6. The lowest BCUT2D eigenvalue weighted by atomic mass is 9.90. The Bertz CT molecular complexity index is 1010. The van der Waals surface area contributed by atoms with Crippen molar-refractivity contribution >= 4 is 16.9 Å². The number of quaternary nitrogens is 1. The molecule has 1 aliphatic rings. The maximum Gasteiger partial charge on any atom is 0.161 e. The molecule has 0 amide bonds. The van der Waals surface area contributed by atoms with Crippen LogP contribution >= 0.6 is 0 Å². The molecule has 6 heteroatoms. The number of para-hydroxylation sites is 1. The van der Waals surface area contributed by atoms with E-state index in [1.165, 1.54) is 0 Å². The highest BCUT2D eigenvalue weighted by atomic mass is 16.5. The molecule has 0 saturated carbocycles. The molecule has 1 aliphatic heterocycles.